The molecule has 6 nitrogen and oxygen atoms in total. The molecule has 1 heterocycles. The number of carboxylic acids is 1. The number of carbonyl (C=O) groups excluding carboxylic acids is 1. The summed E-state index contributed by atoms with van der Waals surface area (Å²) in [5.74, 6) is -3.43. The first-order valence-electron chi connectivity index (χ1n) is 4.56. The van der Waals surface area contributed by atoms with Crippen LogP contribution in [0.1, 0.15) is 17.3 Å². The standard InChI is InChI=1S/C9H8F3N3O3/c1-8(7(17)18,9(10,11)12)15-6(16)5-2-13-4-14-3-5/h2-4H,1H3,(H,15,16)(H,17,18). The monoisotopic (exact) mass is 263 g/mol. The van der Waals surface area contributed by atoms with Gasteiger partial charge >= 0.3 is 12.1 Å². The third-order valence-corrected chi connectivity index (χ3v) is 2.18. The summed E-state index contributed by atoms with van der Waals surface area (Å²) in [5.41, 5.74) is -3.64. The molecule has 0 radical (unpaired) electrons. The number of hydrogen-bond acceptors (Lipinski definition) is 4. The van der Waals surface area contributed by atoms with E-state index in [1.54, 1.807) is 0 Å². The van der Waals surface area contributed by atoms with E-state index in [1.165, 1.54) is 5.32 Å². The van der Waals surface area contributed by atoms with Crippen LogP contribution in [0.5, 0.6) is 0 Å². The van der Waals surface area contributed by atoms with E-state index in [1.807, 2.05) is 0 Å². The maximum atomic E-state index is 12.6. The predicted octanol–water partition coefficient (Wildman–Crippen LogP) is 0.612. The van der Waals surface area contributed by atoms with Gasteiger partial charge in [0.25, 0.3) is 5.91 Å². The Kier molecular flexibility index (Phi) is 3.54. The molecule has 0 aromatic carbocycles. The highest BCUT2D eigenvalue weighted by molar-refractivity contribution is 5.97. The fraction of sp³-hybridized carbons (Fsp3) is 0.333. The van der Waals surface area contributed by atoms with E-state index >= 15 is 0 Å². The maximum absolute atomic E-state index is 12.6. The van der Waals surface area contributed by atoms with E-state index in [2.05, 4.69) is 9.97 Å². The van der Waals surface area contributed by atoms with Gasteiger partial charge in [0.05, 0.1) is 5.56 Å². The van der Waals surface area contributed by atoms with Gasteiger partial charge in [-0.15, -0.1) is 0 Å². The van der Waals surface area contributed by atoms with Gasteiger partial charge in [0.2, 0.25) is 5.54 Å². The summed E-state index contributed by atoms with van der Waals surface area (Å²) in [4.78, 5) is 29.0. The van der Waals surface area contributed by atoms with Crippen molar-refractivity contribution in [2.45, 2.75) is 18.6 Å². The van der Waals surface area contributed by atoms with E-state index in [9.17, 15) is 22.8 Å². The van der Waals surface area contributed by atoms with E-state index in [0.29, 0.717) is 6.92 Å². The van der Waals surface area contributed by atoms with Crippen LogP contribution in [0.25, 0.3) is 0 Å². The van der Waals surface area contributed by atoms with Gasteiger partial charge in [0.15, 0.2) is 0 Å². The Morgan fingerprint density at radius 1 is 1.28 bits per heavy atom. The third-order valence-electron chi connectivity index (χ3n) is 2.18. The fourth-order valence-electron chi connectivity index (χ4n) is 0.961. The molecule has 0 saturated carbocycles. The van der Waals surface area contributed by atoms with Crippen LogP contribution in [-0.2, 0) is 4.79 Å². The molecule has 0 bridgehead atoms. The molecule has 0 spiro atoms. The zero-order valence-corrected chi connectivity index (χ0v) is 9.02. The van der Waals surface area contributed by atoms with Gasteiger partial charge in [-0.3, -0.25) is 4.79 Å². The molecule has 0 aliphatic carbocycles. The molecule has 1 aromatic heterocycles. The molecule has 0 aliphatic rings. The van der Waals surface area contributed by atoms with Gasteiger partial charge in [-0.2, -0.15) is 13.2 Å². The number of rotatable bonds is 3. The first-order valence-corrected chi connectivity index (χ1v) is 4.56. The summed E-state index contributed by atoms with van der Waals surface area (Å²) < 4.78 is 37.8. The number of alkyl halides is 3. The third kappa shape index (κ3) is 2.55. The van der Waals surface area contributed by atoms with Crippen LogP contribution in [-0.4, -0.2) is 38.7 Å². The lowest BCUT2D eigenvalue weighted by molar-refractivity contribution is -0.203. The van der Waals surface area contributed by atoms with E-state index in [0.717, 1.165) is 18.7 Å². The number of aliphatic carboxylic acids is 1. The minimum atomic E-state index is -5.13. The number of nitrogens with zero attached hydrogens (tertiary/aromatic N) is 2. The van der Waals surface area contributed by atoms with Gasteiger partial charge in [-0.1, -0.05) is 0 Å². The van der Waals surface area contributed by atoms with Crippen molar-refractivity contribution < 1.29 is 27.9 Å². The first kappa shape index (κ1) is 13.9. The van der Waals surface area contributed by atoms with Gasteiger partial charge in [-0.25, -0.2) is 14.8 Å². The van der Waals surface area contributed by atoms with Crippen molar-refractivity contribution in [1.82, 2.24) is 15.3 Å². The highest BCUT2D eigenvalue weighted by atomic mass is 19.4. The molecule has 1 rings (SSSR count). The predicted molar refractivity (Wildman–Crippen MR) is 51.6 cm³/mol. The fourth-order valence-corrected chi connectivity index (χ4v) is 0.961. The lowest BCUT2D eigenvalue weighted by Gasteiger charge is -2.28. The Balaban J connectivity index is 3.01. The summed E-state index contributed by atoms with van der Waals surface area (Å²) in [6.45, 7) is 0.358. The Bertz CT molecular complexity index is 463. The number of halogens is 3. The quantitative estimate of drug-likeness (QED) is 0.833. The van der Waals surface area contributed by atoms with Crippen LogP contribution in [0, 0.1) is 0 Å². The SMILES string of the molecule is CC(NC(=O)c1cncnc1)(C(=O)O)C(F)(F)F. The summed E-state index contributed by atoms with van der Waals surface area (Å²) >= 11 is 0. The Labute approximate surface area is 98.9 Å². The lowest BCUT2D eigenvalue weighted by atomic mass is 10.0. The van der Waals surface area contributed by atoms with E-state index in [4.69, 9.17) is 5.11 Å². The lowest BCUT2D eigenvalue weighted by Crippen LogP contribution is -2.61. The van der Waals surface area contributed by atoms with Crippen LogP contribution in [0.3, 0.4) is 0 Å². The number of aromatic nitrogens is 2. The number of hydrogen-bond donors (Lipinski definition) is 2. The molecule has 1 unspecified atom stereocenters. The normalized spacial score (nSPS) is 14.7. The van der Waals surface area contributed by atoms with Crippen LogP contribution < -0.4 is 5.32 Å². The largest absolute Gasteiger partial charge is 0.479 e. The minimum absolute atomic E-state index is 0.269. The topological polar surface area (TPSA) is 92.2 Å². The minimum Gasteiger partial charge on any atom is -0.479 e. The first-order chi connectivity index (χ1) is 8.18. The Morgan fingerprint density at radius 3 is 2.17 bits per heavy atom. The number of nitrogens with one attached hydrogen (secondary N) is 1. The summed E-state index contributed by atoms with van der Waals surface area (Å²) in [7, 11) is 0. The second kappa shape index (κ2) is 4.59. The van der Waals surface area contributed by atoms with Gasteiger partial charge in [0, 0.05) is 12.4 Å². The van der Waals surface area contributed by atoms with Gasteiger partial charge < -0.3 is 10.4 Å². The molecular weight excluding hydrogens is 255 g/mol. The van der Waals surface area contributed by atoms with Crippen LogP contribution >= 0.6 is 0 Å². The van der Waals surface area contributed by atoms with E-state index in [-0.39, 0.29) is 5.56 Å². The molecule has 2 N–H and O–H groups in total. The molecule has 1 aromatic rings. The van der Waals surface area contributed by atoms with Crippen molar-refractivity contribution in [2.24, 2.45) is 0 Å². The smallest absolute Gasteiger partial charge is 0.422 e. The van der Waals surface area contributed by atoms with Gasteiger partial charge in [0.1, 0.15) is 6.33 Å². The highest BCUT2D eigenvalue weighted by Gasteiger charge is 2.58. The molecule has 98 valence electrons. The van der Waals surface area contributed by atoms with E-state index < -0.39 is 23.6 Å². The van der Waals surface area contributed by atoms with Crippen molar-refractivity contribution in [3.63, 3.8) is 0 Å². The number of amides is 1. The molecule has 0 saturated heterocycles. The molecule has 1 atom stereocenters. The highest BCUT2D eigenvalue weighted by Crippen LogP contribution is 2.30. The van der Waals surface area contributed by atoms with Crippen molar-refractivity contribution in [3.05, 3.63) is 24.3 Å². The summed E-state index contributed by atoms with van der Waals surface area (Å²) in [5, 5.41) is 10.0. The van der Waals surface area contributed by atoms with Gasteiger partial charge in [-0.05, 0) is 6.92 Å². The maximum Gasteiger partial charge on any atom is 0.422 e. The summed E-state index contributed by atoms with van der Waals surface area (Å²) in [6, 6.07) is 0. The average Bonchev–Trinajstić information content (AvgIpc) is 2.28. The molecule has 0 fully saturated rings. The molecule has 1 amide bonds. The molecule has 9 heteroatoms. The van der Waals surface area contributed by atoms with Crippen molar-refractivity contribution in [2.75, 3.05) is 0 Å². The van der Waals surface area contributed by atoms with Crippen LogP contribution in [0.4, 0.5) is 13.2 Å². The second-order valence-corrected chi connectivity index (χ2v) is 3.51. The average molecular weight is 263 g/mol. The molecule has 18 heavy (non-hydrogen) atoms. The number of carbonyl (C=O) groups is 2. The zero-order valence-electron chi connectivity index (χ0n) is 9.02. The zero-order chi connectivity index (χ0) is 14.0. The Hall–Kier alpha value is -2.19. The summed E-state index contributed by atoms with van der Waals surface area (Å²) in [6.07, 6.45) is -2.11. The molecular formula is C9H8F3N3O3. The number of carboxylic acid groups (broad SMARTS) is 1. The van der Waals surface area contributed by atoms with Crippen LogP contribution in [0.2, 0.25) is 0 Å². The van der Waals surface area contributed by atoms with Crippen LogP contribution in [0.15, 0.2) is 18.7 Å². The Morgan fingerprint density at radius 2 is 1.78 bits per heavy atom. The second-order valence-electron chi connectivity index (χ2n) is 3.51. The van der Waals surface area contributed by atoms with Crippen molar-refractivity contribution >= 4 is 11.9 Å². The molecule has 0 aliphatic heterocycles. The van der Waals surface area contributed by atoms with Crippen molar-refractivity contribution in [1.29, 1.82) is 0 Å². The van der Waals surface area contributed by atoms with Crippen molar-refractivity contribution in [3.8, 4) is 0 Å².